The number of rotatable bonds is 5. The molecule has 1 N–H and O–H groups in total. The van der Waals surface area contributed by atoms with Gasteiger partial charge in [0.25, 0.3) is 0 Å². The Morgan fingerprint density at radius 1 is 0.909 bits per heavy atom. The van der Waals surface area contributed by atoms with E-state index in [4.69, 9.17) is 4.98 Å². The van der Waals surface area contributed by atoms with E-state index in [0.29, 0.717) is 37.9 Å². The van der Waals surface area contributed by atoms with Crippen LogP contribution in [0.2, 0.25) is 0 Å². The van der Waals surface area contributed by atoms with Crippen LogP contribution in [0, 0.1) is 5.92 Å². The molecule has 170 valence electrons. The highest BCUT2D eigenvalue weighted by Gasteiger charge is 2.29. The van der Waals surface area contributed by atoms with Crippen LogP contribution in [0.25, 0.3) is 17.1 Å². The van der Waals surface area contributed by atoms with Gasteiger partial charge in [0.2, 0.25) is 17.8 Å². The fraction of sp³-hybridized carbons (Fsp3) is 0.370. The summed E-state index contributed by atoms with van der Waals surface area (Å²) in [5.74, 6) is 0.568. The molecule has 1 aliphatic carbocycles. The molecule has 33 heavy (non-hydrogen) atoms. The summed E-state index contributed by atoms with van der Waals surface area (Å²) in [6.07, 6.45) is 9.49. The molecule has 2 amide bonds. The highest BCUT2D eigenvalue weighted by atomic mass is 16.2. The standard InChI is InChI=1S/C27H30N4O2/c32-25(15-14-20-8-2-1-3-9-20)30-18-16-21(17-19-30)26(33)29-27-28-23-12-6-7-13-24(23)31(27)22-10-4-5-11-22/h1-3,6-9,12-15,21-22H,4-5,10-11,16-19H2,(H,28,29,33)/b15-14+. The van der Waals surface area contributed by atoms with Gasteiger partial charge in [-0.05, 0) is 49.5 Å². The smallest absolute Gasteiger partial charge is 0.246 e. The number of carbonyl (C=O) groups is 2. The van der Waals surface area contributed by atoms with E-state index in [1.807, 2.05) is 59.5 Å². The van der Waals surface area contributed by atoms with E-state index in [-0.39, 0.29) is 17.7 Å². The average molecular weight is 443 g/mol. The van der Waals surface area contributed by atoms with Crippen molar-refractivity contribution in [2.45, 2.75) is 44.6 Å². The van der Waals surface area contributed by atoms with E-state index >= 15 is 0 Å². The van der Waals surface area contributed by atoms with E-state index in [1.54, 1.807) is 6.08 Å². The second-order valence-electron chi connectivity index (χ2n) is 9.07. The van der Waals surface area contributed by atoms with Gasteiger partial charge in [0.1, 0.15) is 0 Å². The molecule has 1 aliphatic heterocycles. The number of amides is 2. The number of imidazole rings is 1. The second-order valence-corrected chi connectivity index (χ2v) is 9.07. The third kappa shape index (κ3) is 4.70. The van der Waals surface area contributed by atoms with Crippen LogP contribution in [0.1, 0.15) is 50.1 Å². The maximum absolute atomic E-state index is 13.1. The topological polar surface area (TPSA) is 67.2 Å². The monoisotopic (exact) mass is 442 g/mol. The third-order valence-electron chi connectivity index (χ3n) is 6.92. The van der Waals surface area contributed by atoms with E-state index in [1.165, 1.54) is 12.8 Å². The molecule has 6 heteroatoms. The number of aromatic nitrogens is 2. The lowest BCUT2D eigenvalue weighted by atomic mass is 9.96. The zero-order valence-electron chi connectivity index (χ0n) is 18.8. The summed E-state index contributed by atoms with van der Waals surface area (Å²) in [7, 11) is 0. The Hall–Kier alpha value is -3.41. The Kier molecular flexibility index (Phi) is 6.24. The Balaban J connectivity index is 1.22. The predicted octanol–water partition coefficient (Wildman–Crippen LogP) is 5.04. The van der Waals surface area contributed by atoms with Crippen molar-refractivity contribution in [2.75, 3.05) is 18.4 Å². The molecular weight excluding hydrogens is 412 g/mol. The lowest BCUT2D eigenvalue weighted by Gasteiger charge is -2.30. The fourth-order valence-corrected chi connectivity index (χ4v) is 5.08. The van der Waals surface area contributed by atoms with Crippen molar-refractivity contribution in [1.82, 2.24) is 14.5 Å². The Labute approximate surface area is 194 Å². The number of piperidine rings is 1. The number of nitrogens with zero attached hydrogens (tertiary/aromatic N) is 3. The first-order valence-corrected chi connectivity index (χ1v) is 12.0. The molecule has 2 aromatic carbocycles. The molecule has 0 bridgehead atoms. The van der Waals surface area contributed by atoms with Crippen LogP contribution in [0.3, 0.4) is 0 Å². The van der Waals surface area contributed by atoms with Gasteiger partial charge >= 0.3 is 0 Å². The maximum Gasteiger partial charge on any atom is 0.246 e. The first-order valence-electron chi connectivity index (χ1n) is 12.0. The minimum Gasteiger partial charge on any atom is -0.339 e. The van der Waals surface area contributed by atoms with Gasteiger partial charge in [-0.1, -0.05) is 55.3 Å². The number of hydrogen-bond donors (Lipinski definition) is 1. The van der Waals surface area contributed by atoms with Gasteiger partial charge in [-0.25, -0.2) is 4.98 Å². The number of benzene rings is 2. The van der Waals surface area contributed by atoms with Crippen LogP contribution in [-0.2, 0) is 9.59 Å². The Bertz CT molecular complexity index is 1150. The van der Waals surface area contributed by atoms with Gasteiger partial charge in [-0.2, -0.15) is 0 Å². The van der Waals surface area contributed by atoms with Crippen molar-refractivity contribution in [3.8, 4) is 0 Å². The van der Waals surface area contributed by atoms with Crippen molar-refractivity contribution < 1.29 is 9.59 Å². The second kappa shape index (κ2) is 9.61. The molecular formula is C27H30N4O2. The lowest BCUT2D eigenvalue weighted by molar-refractivity contribution is -0.130. The van der Waals surface area contributed by atoms with Gasteiger partial charge in [0.05, 0.1) is 11.0 Å². The zero-order chi connectivity index (χ0) is 22.6. The summed E-state index contributed by atoms with van der Waals surface area (Å²) in [5, 5.41) is 3.13. The zero-order valence-corrected chi connectivity index (χ0v) is 18.8. The molecule has 0 unspecified atom stereocenters. The van der Waals surface area contributed by atoms with Crippen LogP contribution < -0.4 is 5.32 Å². The molecule has 2 aliphatic rings. The van der Waals surface area contributed by atoms with Gasteiger partial charge < -0.3 is 9.47 Å². The van der Waals surface area contributed by atoms with Gasteiger partial charge in [-0.3, -0.25) is 14.9 Å². The highest BCUT2D eigenvalue weighted by molar-refractivity contribution is 5.94. The van der Waals surface area contributed by atoms with Gasteiger partial charge in [0, 0.05) is 31.1 Å². The van der Waals surface area contributed by atoms with Crippen molar-refractivity contribution in [1.29, 1.82) is 0 Å². The fourth-order valence-electron chi connectivity index (χ4n) is 5.08. The molecule has 1 aromatic heterocycles. The molecule has 2 fully saturated rings. The van der Waals surface area contributed by atoms with E-state index in [2.05, 4.69) is 16.0 Å². The summed E-state index contributed by atoms with van der Waals surface area (Å²) < 4.78 is 2.23. The third-order valence-corrected chi connectivity index (χ3v) is 6.92. The van der Waals surface area contributed by atoms with E-state index in [0.717, 1.165) is 29.4 Å². The number of anilines is 1. The number of nitrogens with one attached hydrogen (secondary N) is 1. The summed E-state index contributed by atoms with van der Waals surface area (Å²) in [5.41, 5.74) is 3.01. The van der Waals surface area contributed by atoms with Crippen molar-refractivity contribution >= 4 is 34.9 Å². The summed E-state index contributed by atoms with van der Waals surface area (Å²) in [6, 6.07) is 18.3. The van der Waals surface area contributed by atoms with Crippen molar-refractivity contribution in [3.63, 3.8) is 0 Å². The average Bonchev–Trinajstić information content (AvgIpc) is 3.50. The molecule has 0 radical (unpaired) electrons. The minimum absolute atomic E-state index is 0.000683. The molecule has 0 atom stereocenters. The number of para-hydroxylation sites is 2. The predicted molar refractivity (Wildman–Crippen MR) is 131 cm³/mol. The maximum atomic E-state index is 13.1. The van der Waals surface area contributed by atoms with Crippen molar-refractivity contribution in [2.24, 2.45) is 5.92 Å². The molecule has 3 aromatic rings. The number of fused-ring (bicyclic) bond motifs is 1. The van der Waals surface area contributed by atoms with E-state index < -0.39 is 0 Å². The van der Waals surface area contributed by atoms with Crippen LogP contribution in [0.5, 0.6) is 0 Å². The molecule has 5 rings (SSSR count). The van der Waals surface area contributed by atoms with E-state index in [9.17, 15) is 9.59 Å². The molecule has 2 heterocycles. The highest BCUT2D eigenvalue weighted by Crippen LogP contribution is 2.35. The first kappa shape index (κ1) is 21.4. The summed E-state index contributed by atoms with van der Waals surface area (Å²) >= 11 is 0. The first-order chi connectivity index (χ1) is 16.2. The molecule has 1 saturated carbocycles. The quantitative estimate of drug-likeness (QED) is 0.563. The van der Waals surface area contributed by atoms with Crippen molar-refractivity contribution in [3.05, 3.63) is 66.2 Å². The lowest BCUT2D eigenvalue weighted by Crippen LogP contribution is -2.41. The summed E-state index contributed by atoms with van der Waals surface area (Å²) in [4.78, 5) is 32.2. The number of likely N-dealkylation sites (tertiary alicyclic amines) is 1. The van der Waals surface area contributed by atoms with Crippen LogP contribution in [-0.4, -0.2) is 39.4 Å². The molecule has 0 spiro atoms. The number of hydrogen-bond acceptors (Lipinski definition) is 3. The van der Waals surface area contributed by atoms with Crippen LogP contribution in [0.4, 0.5) is 5.95 Å². The molecule has 6 nitrogen and oxygen atoms in total. The summed E-state index contributed by atoms with van der Waals surface area (Å²) in [6.45, 7) is 1.18. The Morgan fingerprint density at radius 3 is 2.36 bits per heavy atom. The normalized spacial score (nSPS) is 17.8. The van der Waals surface area contributed by atoms with Gasteiger partial charge in [0.15, 0.2) is 0 Å². The van der Waals surface area contributed by atoms with Crippen LogP contribution in [0.15, 0.2) is 60.7 Å². The Morgan fingerprint density at radius 2 is 1.61 bits per heavy atom. The largest absolute Gasteiger partial charge is 0.339 e. The SMILES string of the molecule is O=C(Nc1nc2ccccc2n1C1CCCC1)C1CCN(C(=O)/C=C/c2ccccc2)CC1. The minimum atomic E-state index is -0.107. The molecule has 1 saturated heterocycles. The van der Waals surface area contributed by atoms with Crippen LogP contribution >= 0.6 is 0 Å². The number of carbonyl (C=O) groups excluding carboxylic acids is 2. The van der Waals surface area contributed by atoms with Gasteiger partial charge in [-0.15, -0.1) is 0 Å².